The van der Waals surface area contributed by atoms with Crippen molar-refractivity contribution in [1.29, 1.82) is 0 Å². The van der Waals surface area contributed by atoms with Crippen molar-refractivity contribution >= 4 is 11.8 Å². The predicted octanol–water partition coefficient (Wildman–Crippen LogP) is 2.21. The van der Waals surface area contributed by atoms with Crippen molar-refractivity contribution in [2.45, 2.75) is 39.7 Å². The molecule has 1 heterocycles. The molecule has 0 aromatic carbocycles. The van der Waals surface area contributed by atoms with E-state index in [-0.39, 0.29) is 0 Å². The van der Waals surface area contributed by atoms with Gasteiger partial charge in [0.25, 0.3) is 0 Å². The predicted molar refractivity (Wildman–Crippen MR) is 66.2 cm³/mol. The number of nitrogens with zero attached hydrogens (tertiary/aromatic N) is 2. The largest absolute Gasteiger partial charge is 0.368 e. The normalized spacial score (nSPS) is 29.3. The molecular weight excluding hydrogens is 200 g/mol. The van der Waals surface area contributed by atoms with Crippen molar-refractivity contribution in [1.82, 2.24) is 9.97 Å². The number of hydrogen-bond acceptors (Lipinski definition) is 4. The Bertz CT molecular complexity index is 357. The molecule has 2 rings (SSSR count). The van der Waals surface area contributed by atoms with Gasteiger partial charge in [-0.25, -0.2) is 4.98 Å². The molecule has 0 aliphatic heterocycles. The van der Waals surface area contributed by atoms with Gasteiger partial charge in [-0.05, 0) is 31.6 Å². The number of anilines is 2. The fourth-order valence-corrected chi connectivity index (χ4v) is 2.42. The van der Waals surface area contributed by atoms with Gasteiger partial charge in [0.05, 0.1) is 0 Å². The second-order valence-electron chi connectivity index (χ2n) is 4.92. The number of nitrogens with one attached hydrogen (secondary N) is 1. The number of aryl methyl sites for hydroxylation is 1. The van der Waals surface area contributed by atoms with Gasteiger partial charge in [-0.1, -0.05) is 13.8 Å². The van der Waals surface area contributed by atoms with Crippen LogP contribution in [0, 0.1) is 18.8 Å². The highest BCUT2D eigenvalue weighted by Crippen LogP contribution is 2.32. The molecule has 16 heavy (non-hydrogen) atoms. The average Bonchev–Trinajstić information content (AvgIpc) is 2.48. The van der Waals surface area contributed by atoms with Crippen LogP contribution in [0.2, 0.25) is 0 Å². The minimum Gasteiger partial charge on any atom is -0.368 e. The van der Waals surface area contributed by atoms with Gasteiger partial charge in [-0.3, -0.25) is 0 Å². The minimum absolute atomic E-state index is 0.348. The van der Waals surface area contributed by atoms with Crippen LogP contribution in [0.1, 0.15) is 32.4 Å². The lowest BCUT2D eigenvalue weighted by Gasteiger charge is -2.20. The molecule has 1 aromatic heterocycles. The van der Waals surface area contributed by atoms with E-state index in [1.54, 1.807) is 0 Å². The van der Waals surface area contributed by atoms with Gasteiger partial charge in [0.1, 0.15) is 5.82 Å². The monoisotopic (exact) mass is 220 g/mol. The maximum atomic E-state index is 5.63. The van der Waals surface area contributed by atoms with Gasteiger partial charge in [0, 0.05) is 17.8 Å². The molecule has 1 fully saturated rings. The van der Waals surface area contributed by atoms with Gasteiger partial charge in [-0.15, -0.1) is 0 Å². The summed E-state index contributed by atoms with van der Waals surface area (Å²) in [4.78, 5) is 8.28. The van der Waals surface area contributed by atoms with E-state index in [1.807, 2.05) is 13.0 Å². The van der Waals surface area contributed by atoms with Gasteiger partial charge in [-0.2, -0.15) is 4.98 Å². The molecule has 88 valence electrons. The molecule has 1 saturated carbocycles. The van der Waals surface area contributed by atoms with E-state index >= 15 is 0 Å². The van der Waals surface area contributed by atoms with Crippen LogP contribution < -0.4 is 11.1 Å². The van der Waals surface area contributed by atoms with Crippen LogP contribution in [0.3, 0.4) is 0 Å². The van der Waals surface area contributed by atoms with E-state index in [9.17, 15) is 0 Å². The summed E-state index contributed by atoms with van der Waals surface area (Å²) in [6.07, 6.45) is 2.50. The molecule has 3 unspecified atom stereocenters. The molecule has 4 nitrogen and oxygen atoms in total. The van der Waals surface area contributed by atoms with Gasteiger partial charge in [0.15, 0.2) is 0 Å². The summed E-state index contributed by atoms with van der Waals surface area (Å²) in [5.74, 6) is 2.69. The Balaban J connectivity index is 2.09. The molecule has 0 saturated heterocycles. The van der Waals surface area contributed by atoms with Crippen molar-refractivity contribution < 1.29 is 0 Å². The summed E-state index contributed by atoms with van der Waals surface area (Å²) in [6, 6.07) is 2.47. The summed E-state index contributed by atoms with van der Waals surface area (Å²) in [6.45, 7) is 6.54. The van der Waals surface area contributed by atoms with Crippen LogP contribution in [0.5, 0.6) is 0 Å². The molecule has 1 aliphatic carbocycles. The van der Waals surface area contributed by atoms with E-state index in [0.29, 0.717) is 17.9 Å². The Labute approximate surface area is 96.7 Å². The Morgan fingerprint density at radius 3 is 2.62 bits per heavy atom. The topological polar surface area (TPSA) is 63.8 Å². The van der Waals surface area contributed by atoms with Gasteiger partial charge < -0.3 is 11.1 Å². The van der Waals surface area contributed by atoms with E-state index in [0.717, 1.165) is 17.4 Å². The second kappa shape index (κ2) is 4.28. The van der Waals surface area contributed by atoms with E-state index in [2.05, 4.69) is 29.1 Å². The lowest BCUT2D eigenvalue weighted by atomic mass is 9.98. The first-order valence-electron chi connectivity index (χ1n) is 5.94. The fraction of sp³-hybridized carbons (Fsp3) is 0.667. The Morgan fingerprint density at radius 1 is 1.31 bits per heavy atom. The van der Waals surface area contributed by atoms with Crippen LogP contribution in [0.4, 0.5) is 11.8 Å². The Hall–Kier alpha value is -1.32. The molecule has 1 aliphatic rings. The third-order valence-electron chi connectivity index (χ3n) is 3.67. The van der Waals surface area contributed by atoms with E-state index in [1.165, 1.54) is 12.8 Å². The molecule has 4 heteroatoms. The number of nitrogens with two attached hydrogens (primary N) is 1. The molecule has 0 bridgehead atoms. The van der Waals surface area contributed by atoms with Crippen molar-refractivity contribution in [3.8, 4) is 0 Å². The molecule has 3 atom stereocenters. The fourth-order valence-electron chi connectivity index (χ4n) is 2.42. The first-order valence-corrected chi connectivity index (χ1v) is 5.94. The maximum absolute atomic E-state index is 5.63. The lowest BCUT2D eigenvalue weighted by Crippen LogP contribution is -2.24. The molecule has 0 amide bonds. The standard InChI is InChI=1S/C12H20N4/c1-7-4-5-10(9(7)3)15-11-6-8(2)14-12(13)16-11/h6-7,9-10H,4-5H2,1-3H3,(H3,13,14,15,16). The van der Waals surface area contributed by atoms with Gasteiger partial charge in [0.2, 0.25) is 5.95 Å². The smallest absolute Gasteiger partial charge is 0.222 e. The average molecular weight is 220 g/mol. The van der Waals surface area contributed by atoms with E-state index in [4.69, 9.17) is 5.73 Å². The SMILES string of the molecule is Cc1cc(NC2CCC(C)C2C)nc(N)n1. The summed E-state index contributed by atoms with van der Waals surface area (Å²) < 4.78 is 0. The highest BCUT2D eigenvalue weighted by atomic mass is 15.1. The molecular formula is C12H20N4. The van der Waals surface area contributed by atoms with Crippen LogP contribution in [0.15, 0.2) is 6.07 Å². The summed E-state index contributed by atoms with van der Waals surface area (Å²) in [5, 5.41) is 3.47. The number of hydrogen-bond donors (Lipinski definition) is 2. The molecule has 0 spiro atoms. The van der Waals surface area contributed by atoms with Crippen LogP contribution >= 0.6 is 0 Å². The summed E-state index contributed by atoms with van der Waals surface area (Å²) >= 11 is 0. The number of nitrogen functional groups attached to an aromatic ring is 1. The minimum atomic E-state index is 0.348. The highest BCUT2D eigenvalue weighted by molar-refractivity contribution is 5.41. The Kier molecular flexibility index (Phi) is 2.99. The van der Waals surface area contributed by atoms with Gasteiger partial charge >= 0.3 is 0 Å². The van der Waals surface area contributed by atoms with Crippen molar-refractivity contribution in [2.75, 3.05) is 11.1 Å². The lowest BCUT2D eigenvalue weighted by molar-refractivity contribution is 0.435. The van der Waals surface area contributed by atoms with Crippen molar-refractivity contribution in [2.24, 2.45) is 11.8 Å². The molecule has 3 N–H and O–H groups in total. The number of aromatic nitrogens is 2. The van der Waals surface area contributed by atoms with E-state index < -0.39 is 0 Å². The van der Waals surface area contributed by atoms with Crippen molar-refractivity contribution in [3.05, 3.63) is 11.8 Å². The third-order valence-corrected chi connectivity index (χ3v) is 3.67. The summed E-state index contributed by atoms with van der Waals surface area (Å²) in [7, 11) is 0. The molecule has 0 radical (unpaired) electrons. The second-order valence-corrected chi connectivity index (χ2v) is 4.92. The first-order chi connectivity index (χ1) is 7.56. The van der Waals surface area contributed by atoms with Crippen LogP contribution in [-0.4, -0.2) is 16.0 Å². The quantitative estimate of drug-likeness (QED) is 0.802. The highest BCUT2D eigenvalue weighted by Gasteiger charge is 2.29. The zero-order valence-corrected chi connectivity index (χ0v) is 10.2. The number of rotatable bonds is 2. The van der Waals surface area contributed by atoms with Crippen LogP contribution in [0.25, 0.3) is 0 Å². The third kappa shape index (κ3) is 2.26. The maximum Gasteiger partial charge on any atom is 0.222 e. The Morgan fingerprint density at radius 2 is 2.06 bits per heavy atom. The van der Waals surface area contributed by atoms with Crippen molar-refractivity contribution in [3.63, 3.8) is 0 Å². The zero-order valence-electron chi connectivity index (χ0n) is 10.2. The molecule has 1 aromatic rings. The van der Waals surface area contributed by atoms with Crippen LogP contribution in [-0.2, 0) is 0 Å². The zero-order chi connectivity index (χ0) is 11.7. The first kappa shape index (κ1) is 11.2. The summed E-state index contributed by atoms with van der Waals surface area (Å²) in [5.41, 5.74) is 6.54.